The lowest BCUT2D eigenvalue weighted by Crippen LogP contribution is -2.46. The zero-order valence-electron chi connectivity index (χ0n) is 15.5. The van der Waals surface area contributed by atoms with Crippen LogP contribution in [0.25, 0.3) is 0 Å². The molecule has 9 heteroatoms. The standard InChI is InChI=1S/C18H24N2O6S/c1-3-26-15-5-4-13(12-14(15)16(21)22)27(24,25)20-10-7-18(8-11-20)6-9-19(2)17(18)23/h4-5,12H,3,6-11H2,1-2H3,(H,21,22). The van der Waals surface area contributed by atoms with E-state index in [1.165, 1.54) is 16.4 Å². The summed E-state index contributed by atoms with van der Waals surface area (Å²) in [7, 11) is -2.07. The van der Waals surface area contributed by atoms with Crippen molar-refractivity contribution in [3.8, 4) is 5.75 Å². The van der Waals surface area contributed by atoms with Gasteiger partial charge in [-0.05, 0) is 44.4 Å². The highest BCUT2D eigenvalue weighted by atomic mass is 32.2. The van der Waals surface area contributed by atoms with Crippen LogP contribution in [-0.2, 0) is 14.8 Å². The van der Waals surface area contributed by atoms with Crippen molar-refractivity contribution in [2.75, 3.05) is 33.3 Å². The fraction of sp³-hybridized carbons (Fsp3) is 0.556. The SMILES string of the molecule is CCOc1ccc(S(=O)(=O)N2CCC3(CCN(C)C3=O)CC2)cc1C(=O)O. The summed E-state index contributed by atoms with van der Waals surface area (Å²) in [5.41, 5.74) is -0.634. The number of piperidine rings is 1. The van der Waals surface area contributed by atoms with Gasteiger partial charge in [-0.1, -0.05) is 0 Å². The van der Waals surface area contributed by atoms with Crippen LogP contribution in [0.2, 0.25) is 0 Å². The summed E-state index contributed by atoms with van der Waals surface area (Å²) in [6.45, 7) is 3.20. The number of nitrogens with zero attached hydrogens (tertiary/aromatic N) is 2. The molecule has 0 radical (unpaired) electrons. The quantitative estimate of drug-likeness (QED) is 0.807. The van der Waals surface area contributed by atoms with Gasteiger partial charge in [0.1, 0.15) is 11.3 Å². The van der Waals surface area contributed by atoms with Crippen molar-refractivity contribution in [2.45, 2.75) is 31.1 Å². The van der Waals surface area contributed by atoms with Crippen LogP contribution in [0.3, 0.4) is 0 Å². The monoisotopic (exact) mass is 396 g/mol. The van der Waals surface area contributed by atoms with Crippen LogP contribution in [0.5, 0.6) is 5.75 Å². The Kier molecular flexibility index (Phi) is 5.18. The summed E-state index contributed by atoms with van der Waals surface area (Å²) in [4.78, 5) is 25.5. The molecule has 0 atom stereocenters. The lowest BCUT2D eigenvalue weighted by molar-refractivity contribution is -0.136. The zero-order chi connectivity index (χ0) is 19.8. The Labute approximate surface area is 158 Å². The fourth-order valence-electron chi connectivity index (χ4n) is 3.88. The second-order valence-corrected chi connectivity index (χ2v) is 9.00. The van der Waals surface area contributed by atoms with Crippen LogP contribution in [0.4, 0.5) is 0 Å². The maximum absolute atomic E-state index is 13.0. The van der Waals surface area contributed by atoms with Crippen LogP contribution in [0.15, 0.2) is 23.1 Å². The minimum Gasteiger partial charge on any atom is -0.493 e. The zero-order valence-corrected chi connectivity index (χ0v) is 16.3. The van der Waals surface area contributed by atoms with Crippen LogP contribution >= 0.6 is 0 Å². The lowest BCUT2D eigenvalue weighted by Gasteiger charge is -2.37. The molecule has 2 heterocycles. The highest BCUT2D eigenvalue weighted by molar-refractivity contribution is 7.89. The minimum atomic E-state index is -3.84. The Morgan fingerprint density at radius 1 is 1.22 bits per heavy atom. The summed E-state index contributed by atoms with van der Waals surface area (Å²) in [6, 6.07) is 3.88. The summed E-state index contributed by atoms with van der Waals surface area (Å²) < 4.78 is 32.6. The Hall–Kier alpha value is -2.13. The molecular weight excluding hydrogens is 372 g/mol. The van der Waals surface area contributed by atoms with E-state index in [0.29, 0.717) is 19.4 Å². The normalized spacial score (nSPS) is 20.2. The number of hydrogen-bond donors (Lipinski definition) is 1. The third kappa shape index (κ3) is 3.41. The Balaban J connectivity index is 1.82. The Bertz CT molecular complexity index is 859. The molecule has 2 fully saturated rings. The van der Waals surface area contributed by atoms with Gasteiger partial charge in [0.2, 0.25) is 15.9 Å². The van der Waals surface area contributed by atoms with E-state index in [0.717, 1.165) is 12.5 Å². The van der Waals surface area contributed by atoms with Gasteiger partial charge in [-0.2, -0.15) is 4.31 Å². The number of hydrogen-bond acceptors (Lipinski definition) is 5. The largest absolute Gasteiger partial charge is 0.493 e. The average molecular weight is 396 g/mol. The molecule has 1 aromatic rings. The first-order valence-electron chi connectivity index (χ1n) is 8.97. The topological polar surface area (TPSA) is 104 Å². The minimum absolute atomic E-state index is 0.0748. The molecule has 1 aromatic carbocycles. The first-order valence-corrected chi connectivity index (χ1v) is 10.4. The summed E-state index contributed by atoms with van der Waals surface area (Å²) in [5.74, 6) is -1.01. The Morgan fingerprint density at radius 2 is 1.85 bits per heavy atom. The van der Waals surface area contributed by atoms with E-state index in [9.17, 15) is 23.1 Å². The molecule has 0 bridgehead atoms. The van der Waals surface area contributed by atoms with Crippen LogP contribution in [0, 0.1) is 5.41 Å². The highest BCUT2D eigenvalue weighted by Crippen LogP contribution is 2.42. The molecule has 1 N–H and O–H groups in total. The predicted molar refractivity (Wildman–Crippen MR) is 97.3 cm³/mol. The van der Waals surface area contributed by atoms with Gasteiger partial charge >= 0.3 is 5.97 Å². The molecule has 0 unspecified atom stereocenters. The number of carboxylic acid groups (broad SMARTS) is 1. The molecule has 0 saturated carbocycles. The smallest absolute Gasteiger partial charge is 0.339 e. The predicted octanol–water partition coefficient (Wildman–Crippen LogP) is 1.42. The Morgan fingerprint density at radius 3 is 2.37 bits per heavy atom. The van der Waals surface area contributed by atoms with Crippen molar-refractivity contribution in [1.82, 2.24) is 9.21 Å². The number of amides is 1. The van der Waals surface area contributed by atoms with E-state index in [1.54, 1.807) is 18.9 Å². The number of carbonyl (C=O) groups is 2. The molecule has 0 aliphatic carbocycles. The number of rotatable bonds is 5. The first kappa shape index (κ1) is 19.6. The summed E-state index contributed by atoms with van der Waals surface area (Å²) in [6.07, 6.45) is 1.72. The number of likely N-dealkylation sites (tertiary alicyclic amines) is 1. The van der Waals surface area contributed by atoms with Gasteiger partial charge in [0.25, 0.3) is 0 Å². The molecule has 27 heavy (non-hydrogen) atoms. The van der Waals surface area contributed by atoms with E-state index in [1.807, 2.05) is 0 Å². The maximum atomic E-state index is 13.0. The number of sulfonamides is 1. The van der Waals surface area contributed by atoms with Crippen LogP contribution < -0.4 is 4.74 Å². The molecule has 0 aromatic heterocycles. The van der Waals surface area contributed by atoms with Gasteiger partial charge < -0.3 is 14.7 Å². The number of aromatic carboxylic acids is 1. The van der Waals surface area contributed by atoms with Crippen LogP contribution in [-0.4, -0.2) is 67.9 Å². The molecule has 1 amide bonds. The first-order chi connectivity index (χ1) is 12.7. The highest BCUT2D eigenvalue weighted by Gasteiger charge is 2.48. The van der Waals surface area contributed by atoms with Gasteiger partial charge in [0, 0.05) is 26.7 Å². The second kappa shape index (κ2) is 7.12. The van der Waals surface area contributed by atoms with Crippen molar-refractivity contribution >= 4 is 21.9 Å². The van der Waals surface area contributed by atoms with Gasteiger partial charge in [0.05, 0.1) is 16.9 Å². The van der Waals surface area contributed by atoms with Crippen molar-refractivity contribution in [3.63, 3.8) is 0 Å². The molecular formula is C18H24N2O6S. The van der Waals surface area contributed by atoms with Crippen molar-refractivity contribution < 1.29 is 27.9 Å². The molecule has 2 saturated heterocycles. The average Bonchev–Trinajstić information content (AvgIpc) is 2.91. The summed E-state index contributed by atoms with van der Waals surface area (Å²) >= 11 is 0. The molecule has 148 valence electrons. The van der Waals surface area contributed by atoms with Gasteiger partial charge in [-0.15, -0.1) is 0 Å². The third-order valence-corrected chi connectivity index (χ3v) is 7.42. The third-order valence-electron chi connectivity index (χ3n) is 5.52. The van der Waals surface area contributed by atoms with E-state index in [-0.39, 0.29) is 41.8 Å². The number of ether oxygens (including phenoxy) is 1. The van der Waals surface area contributed by atoms with E-state index in [4.69, 9.17) is 4.74 Å². The van der Waals surface area contributed by atoms with Gasteiger partial charge in [-0.25, -0.2) is 13.2 Å². The number of carboxylic acids is 1. The number of carbonyl (C=O) groups excluding carboxylic acids is 1. The van der Waals surface area contributed by atoms with Crippen molar-refractivity contribution in [1.29, 1.82) is 0 Å². The molecule has 2 aliphatic heterocycles. The fourth-order valence-corrected chi connectivity index (χ4v) is 5.35. The van der Waals surface area contributed by atoms with Gasteiger partial charge in [0.15, 0.2) is 0 Å². The van der Waals surface area contributed by atoms with E-state index < -0.39 is 21.4 Å². The molecule has 3 rings (SSSR count). The van der Waals surface area contributed by atoms with Crippen LogP contribution in [0.1, 0.15) is 36.5 Å². The van der Waals surface area contributed by atoms with Gasteiger partial charge in [-0.3, -0.25) is 4.79 Å². The van der Waals surface area contributed by atoms with Crippen molar-refractivity contribution in [3.05, 3.63) is 23.8 Å². The van der Waals surface area contributed by atoms with E-state index >= 15 is 0 Å². The van der Waals surface area contributed by atoms with E-state index in [2.05, 4.69) is 0 Å². The molecule has 8 nitrogen and oxygen atoms in total. The second-order valence-electron chi connectivity index (χ2n) is 7.06. The van der Waals surface area contributed by atoms with Crippen molar-refractivity contribution in [2.24, 2.45) is 5.41 Å². The lowest BCUT2D eigenvalue weighted by atomic mass is 9.78. The molecule has 1 spiro atoms. The molecule has 2 aliphatic rings. The summed E-state index contributed by atoms with van der Waals surface area (Å²) in [5, 5.41) is 9.36. The maximum Gasteiger partial charge on any atom is 0.339 e. The number of benzene rings is 1.